The highest BCUT2D eigenvalue weighted by atomic mass is 32.2. The molecule has 0 bridgehead atoms. The molecule has 0 aromatic heterocycles. The summed E-state index contributed by atoms with van der Waals surface area (Å²) in [4.78, 5) is 1.71. The minimum Gasteiger partial charge on any atom is -0.207 e. The highest BCUT2D eigenvalue weighted by Crippen LogP contribution is 2.25. The van der Waals surface area contributed by atoms with Crippen LogP contribution in [0.25, 0.3) is 0 Å². The Labute approximate surface area is 114 Å². The lowest BCUT2D eigenvalue weighted by Gasteiger charge is -2.03. The number of benzene rings is 2. The second-order valence-electron chi connectivity index (χ2n) is 3.58. The lowest BCUT2D eigenvalue weighted by molar-refractivity contribution is 0.566. The van der Waals surface area contributed by atoms with Gasteiger partial charge in [0, 0.05) is 27.4 Å². The van der Waals surface area contributed by atoms with Crippen molar-refractivity contribution in [1.29, 1.82) is 0 Å². The van der Waals surface area contributed by atoms with Crippen molar-refractivity contribution in [3.05, 3.63) is 60.2 Å². The average molecular weight is 282 g/mol. The van der Waals surface area contributed by atoms with E-state index >= 15 is 0 Å². The summed E-state index contributed by atoms with van der Waals surface area (Å²) >= 11 is 3.14. The van der Waals surface area contributed by atoms with E-state index in [0.29, 0.717) is 4.90 Å². The minimum atomic E-state index is -0.532. The molecular weight excluding hydrogens is 270 g/mol. The van der Waals surface area contributed by atoms with Crippen LogP contribution in [-0.4, -0.2) is 11.5 Å². The SMILES string of the molecule is Fc1ccc(SCCSc2ccccc2)c(F)c1. The molecule has 2 aromatic rings. The van der Waals surface area contributed by atoms with Crippen molar-refractivity contribution in [2.75, 3.05) is 11.5 Å². The molecule has 0 aliphatic carbocycles. The predicted octanol–water partition coefficient (Wildman–Crippen LogP) is 4.85. The summed E-state index contributed by atoms with van der Waals surface area (Å²) in [6.45, 7) is 0. The molecule has 0 saturated heterocycles. The zero-order valence-electron chi connectivity index (χ0n) is 9.61. The van der Waals surface area contributed by atoms with E-state index in [1.165, 1.54) is 28.8 Å². The summed E-state index contributed by atoms with van der Waals surface area (Å²) in [6.07, 6.45) is 0. The lowest BCUT2D eigenvalue weighted by atomic mass is 10.3. The fraction of sp³-hybridized carbons (Fsp3) is 0.143. The Balaban J connectivity index is 1.79. The smallest absolute Gasteiger partial charge is 0.139 e. The molecule has 0 fully saturated rings. The third-order valence-corrected chi connectivity index (χ3v) is 4.57. The van der Waals surface area contributed by atoms with E-state index in [4.69, 9.17) is 0 Å². The van der Waals surface area contributed by atoms with Crippen LogP contribution in [0, 0.1) is 11.6 Å². The molecule has 2 aromatic carbocycles. The van der Waals surface area contributed by atoms with Crippen LogP contribution < -0.4 is 0 Å². The van der Waals surface area contributed by atoms with Gasteiger partial charge in [-0.2, -0.15) is 0 Å². The standard InChI is InChI=1S/C14H12F2S2/c15-11-6-7-14(13(16)10-11)18-9-8-17-12-4-2-1-3-5-12/h1-7,10H,8-9H2. The van der Waals surface area contributed by atoms with Crippen molar-refractivity contribution in [2.45, 2.75) is 9.79 Å². The van der Waals surface area contributed by atoms with Crippen molar-refractivity contribution < 1.29 is 8.78 Å². The molecule has 0 aliphatic heterocycles. The molecule has 4 heteroatoms. The van der Waals surface area contributed by atoms with E-state index in [1.807, 2.05) is 30.3 Å². The van der Waals surface area contributed by atoms with E-state index in [1.54, 1.807) is 11.8 Å². The van der Waals surface area contributed by atoms with Gasteiger partial charge in [0.15, 0.2) is 0 Å². The third kappa shape index (κ3) is 4.03. The molecule has 18 heavy (non-hydrogen) atoms. The van der Waals surface area contributed by atoms with Crippen molar-refractivity contribution >= 4 is 23.5 Å². The molecule has 2 rings (SSSR count). The van der Waals surface area contributed by atoms with Crippen LogP contribution in [0.2, 0.25) is 0 Å². The normalized spacial score (nSPS) is 10.6. The summed E-state index contributed by atoms with van der Waals surface area (Å²) in [7, 11) is 0. The van der Waals surface area contributed by atoms with Gasteiger partial charge in [0.2, 0.25) is 0 Å². The first kappa shape index (κ1) is 13.4. The number of hydrogen-bond acceptors (Lipinski definition) is 2. The molecule has 0 nitrogen and oxygen atoms in total. The monoisotopic (exact) mass is 282 g/mol. The highest BCUT2D eigenvalue weighted by molar-refractivity contribution is 8.03. The molecule has 0 atom stereocenters. The van der Waals surface area contributed by atoms with E-state index in [9.17, 15) is 8.78 Å². The van der Waals surface area contributed by atoms with Gasteiger partial charge in [0.25, 0.3) is 0 Å². The molecule has 94 valence electrons. The molecule has 0 aliphatic rings. The molecule has 0 spiro atoms. The second-order valence-corrected chi connectivity index (χ2v) is 5.89. The number of thioether (sulfide) groups is 2. The van der Waals surface area contributed by atoms with Crippen LogP contribution >= 0.6 is 23.5 Å². The lowest BCUT2D eigenvalue weighted by Crippen LogP contribution is -1.88. The summed E-state index contributed by atoms with van der Waals surface area (Å²) < 4.78 is 26.0. The predicted molar refractivity (Wildman–Crippen MR) is 74.2 cm³/mol. The Kier molecular flexibility index (Phi) is 5.08. The van der Waals surface area contributed by atoms with Crippen molar-refractivity contribution in [3.63, 3.8) is 0 Å². The van der Waals surface area contributed by atoms with E-state index in [2.05, 4.69) is 0 Å². The topological polar surface area (TPSA) is 0 Å². The van der Waals surface area contributed by atoms with Crippen molar-refractivity contribution in [1.82, 2.24) is 0 Å². The van der Waals surface area contributed by atoms with Gasteiger partial charge in [-0.3, -0.25) is 0 Å². The zero-order chi connectivity index (χ0) is 12.8. The molecule has 0 N–H and O–H groups in total. The van der Waals surface area contributed by atoms with Gasteiger partial charge in [-0.25, -0.2) is 8.78 Å². The zero-order valence-corrected chi connectivity index (χ0v) is 11.2. The minimum absolute atomic E-state index is 0.482. The first-order valence-electron chi connectivity index (χ1n) is 5.51. The molecule has 0 heterocycles. The number of rotatable bonds is 5. The Morgan fingerprint density at radius 1 is 0.833 bits per heavy atom. The molecule has 0 radical (unpaired) electrons. The fourth-order valence-corrected chi connectivity index (χ4v) is 3.25. The van der Waals surface area contributed by atoms with Gasteiger partial charge in [-0.1, -0.05) is 18.2 Å². The third-order valence-electron chi connectivity index (χ3n) is 2.25. The summed E-state index contributed by atoms with van der Waals surface area (Å²) in [6, 6.07) is 13.8. The van der Waals surface area contributed by atoms with Crippen LogP contribution in [-0.2, 0) is 0 Å². The van der Waals surface area contributed by atoms with Crippen LogP contribution in [0.3, 0.4) is 0 Å². The van der Waals surface area contributed by atoms with E-state index in [0.717, 1.165) is 17.6 Å². The van der Waals surface area contributed by atoms with Gasteiger partial charge < -0.3 is 0 Å². The Hall–Kier alpha value is -1.00. The van der Waals surface area contributed by atoms with Gasteiger partial charge in [-0.05, 0) is 24.3 Å². The Morgan fingerprint density at radius 2 is 1.56 bits per heavy atom. The van der Waals surface area contributed by atoms with Gasteiger partial charge in [0.05, 0.1) is 0 Å². The molecular formula is C14H12F2S2. The maximum atomic E-state index is 13.3. The molecule has 0 unspecified atom stereocenters. The van der Waals surface area contributed by atoms with Crippen molar-refractivity contribution in [2.24, 2.45) is 0 Å². The van der Waals surface area contributed by atoms with Crippen LogP contribution in [0.15, 0.2) is 58.3 Å². The maximum absolute atomic E-state index is 13.3. The number of halogens is 2. The van der Waals surface area contributed by atoms with Gasteiger partial charge >= 0.3 is 0 Å². The highest BCUT2D eigenvalue weighted by Gasteiger charge is 2.04. The molecule has 0 saturated carbocycles. The van der Waals surface area contributed by atoms with Crippen LogP contribution in [0.5, 0.6) is 0 Å². The average Bonchev–Trinajstić information content (AvgIpc) is 2.38. The Bertz CT molecular complexity index is 500. The molecule has 0 amide bonds. The van der Waals surface area contributed by atoms with E-state index < -0.39 is 11.6 Å². The van der Waals surface area contributed by atoms with Crippen molar-refractivity contribution in [3.8, 4) is 0 Å². The number of hydrogen-bond donors (Lipinski definition) is 0. The summed E-state index contributed by atoms with van der Waals surface area (Å²) in [5, 5.41) is 0. The maximum Gasteiger partial charge on any atom is 0.139 e. The van der Waals surface area contributed by atoms with Gasteiger partial charge in [-0.15, -0.1) is 23.5 Å². The fourth-order valence-electron chi connectivity index (χ4n) is 1.42. The first-order valence-corrected chi connectivity index (χ1v) is 7.48. The van der Waals surface area contributed by atoms with Crippen LogP contribution in [0.1, 0.15) is 0 Å². The quantitative estimate of drug-likeness (QED) is 0.568. The summed E-state index contributed by atoms with van der Waals surface area (Å²) in [5.41, 5.74) is 0. The first-order chi connectivity index (χ1) is 8.75. The second kappa shape index (κ2) is 6.81. The largest absolute Gasteiger partial charge is 0.207 e. The van der Waals surface area contributed by atoms with E-state index in [-0.39, 0.29) is 0 Å². The van der Waals surface area contributed by atoms with Gasteiger partial charge in [0.1, 0.15) is 11.6 Å². The Morgan fingerprint density at radius 3 is 2.28 bits per heavy atom. The summed E-state index contributed by atoms with van der Waals surface area (Å²) in [5.74, 6) is 0.674. The van der Waals surface area contributed by atoms with Crippen LogP contribution in [0.4, 0.5) is 8.78 Å².